The van der Waals surface area contributed by atoms with Crippen LogP contribution < -0.4 is 20.3 Å². The molecule has 1 aromatic carbocycles. The number of carbonyl (C=O) groups excluding carboxylic acids is 1. The largest absolute Gasteiger partial charge is 0.491 e. The first kappa shape index (κ1) is 23.3. The lowest BCUT2D eigenvalue weighted by Crippen LogP contribution is -2.49. The molecule has 3 aromatic rings. The van der Waals surface area contributed by atoms with E-state index in [4.69, 9.17) is 4.74 Å². The zero-order valence-corrected chi connectivity index (χ0v) is 19.6. The highest BCUT2D eigenvalue weighted by atomic mass is 19.1. The third-order valence-electron chi connectivity index (χ3n) is 5.59. The summed E-state index contributed by atoms with van der Waals surface area (Å²) >= 11 is 0. The molecule has 1 amide bonds. The van der Waals surface area contributed by atoms with Gasteiger partial charge in [0.1, 0.15) is 17.4 Å². The van der Waals surface area contributed by atoms with E-state index >= 15 is 0 Å². The summed E-state index contributed by atoms with van der Waals surface area (Å²) in [5.41, 5.74) is 2.22. The molecule has 0 radical (unpaired) electrons. The molecular formula is C22H26F2N8O2. The Bertz CT molecular complexity index is 1210. The van der Waals surface area contributed by atoms with E-state index in [2.05, 4.69) is 30.9 Å². The van der Waals surface area contributed by atoms with Crippen molar-refractivity contribution in [1.29, 1.82) is 0 Å². The zero-order chi connectivity index (χ0) is 24.6. The number of halogens is 2. The number of aromatic nitrogens is 5. The second kappa shape index (κ2) is 9.20. The lowest BCUT2D eigenvalue weighted by molar-refractivity contribution is -0.118. The number of aryl methyl sites for hydroxylation is 1. The van der Waals surface area contributed by atoms with Crippen molar-refractivity contribution in [3.8, 4) is 5.75 Å². The number of likely N-dealkylation sites (N-methyl/N-ethyl adjacent to an activating group) is 1. The number of rotatable bonds is 7. The van der Waals surface area contributed by atoms with Crippen LogP contribution in [0.2, 0.25) is 0 Å². The van der Waals surface area contributed by atoms with Gasteiger partial charge in [-0.05, 0) is 30.5 Å². The Morgan fingerprint density at radius 2 is 1.94 bits per heavy atom. The van der Waals surface area contributed by atoms with E-state index in [9.17, 15) is 13.6 Å². The number of carbonyl (C=O) groups is 1. The van der Waals surface area contributed by atoms with Gasteiger partial charge in [-0.1, -0.05) is 19.1 Å². The van der Waals surface area contributed by atoms with Gasteiger partial charge >= 0.3 is 0 Å². The Labute approximate surface area is 195 Å². The Morgan fingerprint density at radius 3 is 2.59 bits per heavy atom. The van der Waals surface area contributed by atoms with Crippen LogP contribution in [-0.2, 0) is 17.9 Å². The molecule has 4 rings (SSSR count). The Kier molecular flexibility index (Phi) is 6.31. The number of methoxy groups -OCH3 is 1. The molecule has 0 aliphatic carbocycles. The number of hydrogen-bond acceptors (Lipinski definition) is 8. The minimum atomic E-state index is -0.778. The topological polar surface area (TPSA) is 110 Å². The number of nitrogens with zero attached hydrogens (tertiary/aromatic N) is 6. The summed E-state index contributed by atoms with van der Waals surface area (Å²) in [5.74, 6) is -0.924. The smallest absolute Gasteiger partial charge is 0.247 e. The van der Waals surface area contributed by atoms with Crippen LogP contribution in [0.1, 0.15) is 30.8 Å². The third-order valence-corrected chi connectivity index (χ3v) is 5.59. The van der Waals surface area contributed by atoms with Crippen LogP contribution in [0, 0.1) is 24.5 Å². The molecule has 0 saturated heterocycles. The molecule has 2 N–H and O–H groups in total. The molecule has 1 aliphatic heterocycles. The Morgan fingerprint density at radius 1 is 1.24 bits per heavy atom. The maximum Gasteiger partial charge on any atom is 0.247 e. The molecule has 0 unspecified atom stereocenters. The molecule has 1 aliphatic rings. The standard InChI is InChI=1S/C22H26F2N8O2/c1-11(2)18-21(33)27-17-12(3)26-22(28-20(17)31(18)4)25-8-14-10-32(30-29-14)9-13-6-15(23)19(34-5)16(24)7-13/h6-7,10-11,18H,8-9H2,1-5H3,(H,27,33)(H,25,26,28)/t18-/m0/s1. The first-order chi connectivity index (χ1) is 16.2. The van der Waals surface area contributed by atoms with E-state index in [-0.39, 0.29) is 31.0 Å². The molecule has 2 aromatic heterocycles. The molecule has 10 nitrogen and oxygen atoms in total. The van der Waals surface area contributed by atoms with Gasteiger partial charge in [-0.25, -0.2) is 18.4 Å². The van der Waals surface area contributed by atoms with Crippen molar-refractivity contribution in [2.75, 3.05) is 29.7 Å². The quantitative estimate of drug-likeness (QED) is 0.540. The highest BCUT2D eigenvalue weighted by molar-refractivity contribution is 6.03. The predicted octanol–water partition coefficient (Wildman–Crippen LogP) is 2.74. The molecule has 0 spiro atoms. The minimum absolute atomic E-state index is 0.0781. The Hall–Kier alpha value is -3.83. The lowest BCUT2D eigenvalue weighted by atomic mass is 9.99. The van der Waals surface area contributed by atoms with Crippen molar-refractivity contribution >= 4 is 23.4 Å². The second-order valence-corrected chi connectivity index (χ2v) is 8.47. The van der Waals surface area contributed by atoms with Crippen LogP contribution in [0.25, 0.3) is 0 Å². The van der Waals surface area contributed by atoms with Gasteiger partial charge < -0.3 is 20.3 Å². The minimum Gasteiger partial charge on any atom is -0.491 e. The van der Waals surface area contributed by atoms with Crippen molar-refractivity contribution in [2.45, 2.75) is 39.9 Å². The highest BCUT2D eigenvalue weighted by Gasteiger charge is 2.35. The third kappa shape index (κ3) is 4.47. The summed E-state index contributed by atoms with van der Waals surface area (Å²) in [4.78, 5) is 23.4. The first-order valence-electron chi connectivity index (χ1n) is 10.7. The van der Waals surface area contributed by atoms with Crippen molar-refractivity contribution in [2.24, 2.45) is 5.92 Å². The summed E-state index contributed by atoms with van der Waals surface area (Å²) in [7, 11) is 3.05. The van der Waals surface area contributed by atoms with Gasteiger partial charge in [0, 0.05) is 7.05 Å². The fraction of sp³-hybridized carbons (Fsp3) is 0.409. The van der Waals surface area contributed by atoms with Crippen molar-refractivity contribution < 1.29 is 18.3 Å². The molecular weight excluding hydrogens is 446 g/mol. The van der Waals surface area contributed by atoms with Crippen LogP contribution >= 0.6 is 0 Å². The van der Waals surface area contributed by atoms with E-state index in [1.54, 1.807) is 13.1 Å². The fourth-order valence-electron chi connectivity index (χ4n) is 4.05. The number of ether oxygens (including phenoxy) is 1. The van der Waals surface area contributed by atoms with Crippen LogP contribution in [0.3, 0.4) is 0 Å². The van der Waals surface area contributed by atoms with E-state index in [0.29, 0.717) is 34.4 Å². The van der Waals surface area contributed by atoms with Gasteiger partial charge in [-0.15, -0.1) is 5.10 Å². The fourth-order valence-corrected chi connectivity index (χ4v) is 4.05. The number of anilines is 3. The number of fused-ring (bicyclic) bond motifs is 1. The van der Waals surface area contributed by atoms with Crippen LogP contribution in [0.15, 0.2) is 18.3 Å². The molecule has 12 heteroatoms. The molecule has 3 heterocycles. The summed E-state index contributed by atoms with van der Waals surface area (Å²) in [5, 5.41) is 14.1. The molecule has 0 bridgehead atoms. The molecule has 1 atom stereocenters. The molecule has 0 saturated carbocycles. The summed E-state index contributed by atoms with van der Waals surface area (Å²) in [6.07, 6.45) is 1.67. The van der Waals surface area contributed by atoms with Crippen molar-refractivity contribution in [3.63, 3.8) is 0 Å². The summed E-state index contributed by atoms with van der Waals surface area (Å²) in [6, 6.07) is 2.07. The number of nitrogens with one attached hydrogen (secondary N) is 2. The number of benzene rings is 1. The Balaban J connectivity index is 1.46. The lowest BCUT2D eigenvalue weighted by Gasteiger charge is -2.36. The normalized spacial score (nSPS) is 15.4. The second-order valence-electron chi connectivity index (χ2n) is 8.47. The van der Waals surface area contributed by atoms with Gasteiger partial charge in [0.2, 0.25) is 11.9 Å². The van der Waals surface area contributed by atoms with Gasteiger partial charge in [0.15, 0.2) is 23.2 Å². The van der Waals surface area contributed by atoms with Gasteiger partial charge in [0.05, 0.1) is 32.1 Å². The predicted molar refractivity (Wildman–Crippen MR) is 122 cm³/mol. The van der Waals surface area contributed by atoms with Crippen LogP contribution in [0.4, 0.5) is 26.2 Å². The molecule has 34 heavy (non-hydrogen) atoms. The van der Waals surface area contributed by atoms with Gasteiger partial charge in [0.25, 0.3) is 0 Å². The average Bonchev–Trinajstić information content (AvgIpc) is 3.20. The highest BCUT2D eigenvalue weighted by Crippen LogP contribution is 2.34. The number of hydrogen-bond donors (Lipinski definition) is 2. The SMILES string of the molecule is COc1c(F)cc(Cn2cc(CNc3nc(C)c4c(n3)N(C)[C@@H](C(C)C)C(=O)N4)nn2)cc1F. The maximum atomic E-state index is 13.9. The summed E-state index contributed by atoms with van der Waals surface area (Å²) in [6.45, 7) is 6.19. The van der Waals surface area contributed by atoms with Crippen molar-refractivity contribution in [1.82, 2.24) is 25.0 Å². The van der Waals surface area contributed by atoms with E-state index in [1.165, 1.54) is 23.9 Å². The molecule has 180 valence electrons. The van der Waals surface area contributed by atoms with Gasteiger partial charge in [-0.2, -0.15) is 4.98 Å². The first-order valence-corrected chi connectivity index (χ1v) is 10.7. The monoisotopic (exact) mass is 472 g/mol. The zero-order valence-electron chi connectivity index (χ0n) is 19.6. The number of amides is 1. The van der Waals surface area contributed by atoms with Crippen LogP contribution in [0.5, 0.6) is 5.75 Å². The van der Waals surface area contributed by atoms with Crippen molar-refractivity contribution in [3.05, 3.63) is 46.9 Å². The van der Waals surface area contributed by atoms with Gasteiger partial charge in [-0.3, -0.25) is 4.79 Å². The van der Waals surface area contributed by atoms with E-state index in [1.807, 2.05) is 25.8 Å². The van der Waals surface area contributed by atoms with Crippen LogP contribution in [-0.4, -0.2) is 51.1 Å². The maximum absolute atomic E-state index is 13.9. The molecule has 0 fully saturated rings. The average molecular weight is 473 g/mol. The van der Waals surface area contributed by atoms with E-state index < -0.39 is 17.4 Å². The summed E-state index contributed by atoms with van der Waals surface area (Å²) < 4.78 is 34.1. The van der Waals surface area contributed by atoms with E-state index in [0.717, 1.165) is 0 Å².